The van der Waals surface area contributed by atoms with Gasteiger partial charge in [-0.25, -0.2) is 14.4 Å². The monoisotopic (exact) mass is 474 g/mol. The number of hydrogen-bond acceptors (Lipinski definition) is 6. The van der Waals surface area contributed by atoms with Crippen LogP contribution in [0.3, 0.4) is 0 Å². The minimum atomic E-state index is -0.530. The standard InChI is InChI=1S/C24H28ClFN4O3/c1-4-33-21(31)9-14-7-17-8-15(14)12-30(17)24(32)20-11-27-23(22(29-20)13(2)3)28-16-5-6-18(25)19(26)10-16/h5-6,10-11,13-15,17H,4,7-9,12H2,1-3H3,(H,27,28). The van der Waals surface area contributed by atoms with E-state index in [0.29, 0.717) is 48.4 Å². The van der Waals surface area contributed by atoms with Gasteiger partial charge >= 0.3 is 5.97 Å². The van der Waals surface area contributed by atoms with E-state index in [1.54, 1.807) is 13.0 Å². The van der Waals surface area contributed by atoms with E-state index in [9.17, 15) is 14.0 Å². The first-order valence-corrected chi connectivity index (χ1v) is 11.7. The summed E-state index contributed by atoms with van der Waals surface area (Å²) in [4.78, 5) is 36.0. The van der Waals surface area contributed by atoms with Crippen LogP contribution in [0.25, 0.3) is 0 Å². The molecule has 33 heavy (non-hydrogen) atoms. The molecule has 1 aromatic heterocycles. The highest BCUT2D eigenvalue weighted by Crippen LogP contribution is 2.44. The molecular formula is C24H28ClFN4O3. The SMILES string of the molecule is CCOC(=O)CC1CC2CC1CN2C(=O)c1cnc(Nc2ccc(Cl)c(F)c2)c(C(C)C)n1. The van der Waals surface area contributed by atoms with Gasteiger partial charge in [-0.1, -0.05) is 25.4 Å². The fourth-order valence-corrected chi connectivity index (χ4v) is 4.97. The third-order valence-corrected chi connectivity index (χ3v) is 6.74. The minimum Gasteiger partial charge on any atom is -0.466 e. The molecule has 1 saturated carbocycles. The molecule has 1 aliphatic carbocycles. The Morgan fingerprint density at radius 1 is 1.33 bits per heavy atom. The van der Waals surface area contributed by atoms with Crippen LogP contribution in [0.5, 0.6) is 0 Å². The van der Waals surface area contributed by atoms with Crippen LogP contribution in [0.15, 0.2) is 24.4 Å². The Labute approximate surface area is 197 Å². The van der Waals surface area contributed by atoms with Crippen molar-refractivity contribution in [3.8, 4) is 0 Å². The fourth-order valence-electron chi connectivity index (χ4n) is 4.86. The van der Waals surface area contributed by atoms with Crippen molar-refractivity contribution in [3.63, 3.8) is 0 Å². The molecule has 2 fully saturated rings. The second kappa shape index (κ2) is 9.63. The van der Waals surface area contributed by atoms with Gasteiger partial charge in [0.05, 0.1) is 23.5 Å². The molecule has 3 unspecified atom stereocenters. The van der Waals surface area contributed by atoms with Crippen molar-refractivity contribution >= 4 is 35.0 Å². The van der Waals surface area contributed by atoms with Crippen LogP contribution in [0.4, 0.5) is 15.9 Å². The summed E-state index contributed by atoms with van der Waals surface area (Å²) in [5, 5.41) is 3.12. The van der Waals surface area contributed by atoms with Gasteiger partial charge in [-0.15, -0.1) is 0 Å². The van der Waals surface area contributed by atoms with E-state index in [4.69, 9.17) is 16.3 Å². The molecule has 2 heterocycles. The second-order valence-electron chi connectivity index (χ2n) is 9.01. The molecule has 3 atom stereocenters. The van der Waals surface area contributed by atoms with E-state index in [1.807, 2.05) is 18.7 Å². The highest BCUT2D eigenvalue weighted by molar-refractivity contribution is 6.30. The molecule has 1 aromatic carbocycles. The zero-order valence-corrected chi connectivity index (χ0v) is 19.7. The number of fused-ring (bicyclic) bond motifs is 2. The van der Waals surface area contributed by atoms with Crippen molar-refractivity contribution in [2.45, 2.75) is 52.0 Å². The Bertz CT molecular complexity index is 1060. The molecule has 0 radical (unpaired) electrons. The number of likely N-dealkylation sites (tertiary alicyclic amines) is 1. The molecule has 7 nitrogen and oxygen atoms in total. The molecule has 1 saturated heterocycles. The van der Waals surface area contributed by atoms with Crippen LogP contribution in [0.2, 0.25) is 5.02 Å². The maximum absolute atomic E-state index is 13.8. The lowest BCUT2D eigenvalue weighted by atomic mass is 9.91. The van der Waals surface area contributed by atoms with Crippen molar-refractivity contribution in [2.24, 2.45) is 11.8 Å². The predicted octanol–water partition coefficient (Wildman–Crippen LogP) is 4.94. The van der Waals surface area contributed by atoms with E-state index in [1.165, 1.54) is 18.3 Å². The van der Waals surface area contributed by atoms with Gasteiger partial charge in [0.15, 0.2) is 5.82 Å². The average molecular weight is 475 g/mol. The molecule has 9 heteroatoms. The van der Waals surface area contributed by atoms with Gasteiger partial charge in [0.25, 0.3) is 5.91 Å². The molecule has 2 bridgehead atoms. The van der Waals surface area contributed by atoms with E-state index in [0.717, 1.165) is 12.8 Å². The summed E-state index contributed by atoms with van der Waals surface area (Å²) in [7, 11) is 0. The molecule has 2 aromatic rings. The van der Waals surface area contributed by atoms with Crippen molar-refractivity contribution in [1.82, 2.24) is 14.9 Å². The summed E-state index contributed by atoms with van der Waals surface area (Å²) < 4.78 is 18.9. The van der Waals surface area contributed by atoms with Gasteiger partial charge in [0.2, 0.25) is 0 Å². The van der Waals surface area contributed by atoms with Crippen LogP contribution in [-0.2, 0) is 9.53 Å². The van der Waals surface area contributed by atoms with Gasteiger partial charge < -0.3 is 15.0 Å². The molecule has 1 amide bonds. The number of nitrogens with zero attached hydrogens (tertiary/aromatic N) is 3. The van der Waals surface area contributed by atoms with E-state index < -0.39 is 5.82 Å². The van der Waals surface area contributed by atoms with Crippen molar-refractivity contribution in [2.75, 3.05) is 18.5 Å². The average Bonchev–Trinajstić information content (AvgIpc) is 3.36. The Morgan fingerprint density at radius 3 is 2.76 bits per heavy atom. The van der Waals surface area contributed by atoms with Gasteiger partial charge in [-0.2, -0.15) is 0 Å². The molecule has 4 rings (SSSR count). The van der Waals surface area contributed by atoms with Crippen molar-refractivity contribution in [1.29, 1.82) is 0 Å². The summed E-state index contributed by atoms with van der Waals surface area (Å²) in [5.41, 5.74) is 1.42. The largest absolute Gasteiger partial charge is 0.466 e. The number of halogens is 2. The van der Waals surface area contributed by atoms with Crippen LogP contribution in [0.1, 0.15) is 62.1 Å². The number of nitrogens with one attached hydrogen (secondary N) is 1. The summed E-state index contributed by atoms with van der Waals surface area (Å²) in [5.74, 6) is 0.204. The van der Waals surface area contributed by atoms with Crippen LogP contribution >= 0.6 is 11.6 Å². The third kappa shape index (κ3) is 4.95. The molecule has 1 N–H and O–H groups in total. The number of carbonyl (C=O) groups excluding carboxylic acids is 2. The number of esters is 1. The number of anilines is 2. The second-order valence-corrected chi connectivity index (χ2v) is 9.42. The van der Waals surface area contributed by atoms with Gasteiger partial charge in [-0.3, -0.25) is 9.59 Å². The number of amides is 1. The first-order chi connectivity index (χ1) is 15.8. The highest BCUT2D eigenvalue weighted by atomic mass is 35.5. The number of piperidine rings is 1. The lowest BCUT2D eigenvalue weighted by molar-refractivity contribution is -0.144. The summed E-state index contributed by atoms with van der Waals surface area (Å²) in [6, 6.07) is 4.53. The fraction of sp³-hybridized carbons (Fsp3) is 0.500. The maximum Gasteiger partial charge on any atom is 0.306 e. The third-order valence-electron chi connectivity index (χ3n) is 6.43. The highest BCUT2D eigenvalue weighted by Gasteiger charge is 2.47. The Hall–Kier alpha value is -2.74. The van der Waals surface area contributed by atoms with Gasteiger partial charge in [-0.05, 0) is 55.7 Å². The van der Waals surface area contributed by atoms with Gasteiger partial charge in [0, 0.05) is 24.7 Å². The lowest BCUT2D eigenvalue weighted by Gasteiger charge is -2.31. The Balaban J connectivity index is 1.47. The summed E-state index contributed by atoms with van der Waals surface area (Å²) in [6.07, 6.45) is 3.59. The molecule has 2 aliphatic rings. The smallest absolute Gasteiger partial charge is 0.306 e. The number of aromatic nitrogens is 2. The molecule has 1 aliphatic heterocycles. The predicted molar refractivity (Wildman–Crippen MR) is 123 cm³/mol. The normalized spacial score (nSPS) is 21.5. The van der Waals surface area contributed by atoms with E-state index in [-0.39, 0.29) is 34.8 Å². The summed E-state index contributed by atoms with van der Waals surface area (Å²) in [6.45, 7) is 6.74. The topological polar surface area (TPSA) is 84.4 Å². The van der Waals surface area contributed by atoms with Gasteiger partial charge in [0.1, 0.15) is 11.5 Å². The van der Waals surface area contributed by atoms with Crippen molar-refractivity contribution in [3.05, 3.63) is 46.6 Å². The Morgan fingerprint density at radius 2 is 2.12 bits per heavy atom. The number of benzene rings is 1. The Kier molecular flexibility index (Phi) is 6.83. The zero-order chi connectivity index (χ0) is 23.7. The van der Waals surface area contributed by atoms with Crippen LogP contribution < -0.4 is 5.32 Å². The molecule has 176 valence electrons. The molecular weight excluding hydrogens is 447 g/mol. The van der Waals surface area contributed by atoms with E-state index >= 15 is 0 Å². The number of hydrogen-bond donors (Lipinski definition) is 1. The number of ether oxygens (including phenoxy) is 1. The quantitative estimate of drug-likeness (QED) is 0.572. The number of rotatable bonds is 7. The maximum atomic E-state index is 13.8. The minimum absolute atomic E-state index is 0.00566. The van der Waals surface area contributed by atoms with E-state index in [2.05, 4.69) is 15.3 Å². The summed E-state index contributed by atoms with van der Waals surface area (Å²) >= 11 is 5.76. The molecule has 0 spiro atoms. The first kappa shape index (κ1) is 23.4. The zero-order valence-electron chi connectivity index (χ0n) is 19.0. The van der Waals surface area contributed by atoms with Crippen LogP contribution in [0, 0.1) is 17.7 Å². The lowest BCUT2D eigenvalue weighted by Crippen LogP contribution is -2.41. The van der Waals surface area contributed by atoms with Crippen molar-refractivity contribution < 1.29 is 18.7 Å². The number of carbonyl (C=O) groups is 2. The van der Waals surface area contributed by atoms with Crippen LogP contribution in [-0.4, -0.2) is 45.9 Å². The first-order valence-electron chi connectivity index (χ1n) is 11.3.